The number of aliphatic hydroxyl groups excluding tert-OH is 1. The Hall–Kier alpha value is -2.38. The van der Waals surface area contributed by atoms with E-state index in [4.69, 9.17) is 35.1 Å². The zero-order chi connectivity index (χ0) is 27.4. The number of H-pyrrole nitrogens is 1. The first-order valence-electron chi connectivity index (χ1n) is 11.6. The third-order valence-electron chi connectivity index (χ3n) is 5.71. The average molecular weight is 558 g/mol. The Kier molecular flexibility index (Phi) is 9.46. The van der Waals surface area contributed by atoms with Crippen molar-refractivity contribution < 1.29 is 33.2 Å². The van der Waals surface area contributed by atoms with Crippen LogP contribution in [0.3, 0.4) is 0 Å². The lowest BCUT2D eigenvalue weighted by molar-refractivity contribution is -0.149. The number of carbonyl (C=O) groups excluding carboxylic acids is 1. The lowest BCUT2D eigenvalue weighted by atomic mass is 9.96. The molecule has 0 spiro atoms. The second-order valence-corrected chi connectivity index (χ2v) is 12.0. The van der Waals surface area contributed by atoms with Gasteiger partial charge >= 0.3 is 18.3 Å². The number of hydrogen-bond donors (Lipinski definition) is 3. The molecule has 37 heavy (non-hydrogen) atoms. The van der Waals surface area contributed by atoms with Crippen molar-refractivity contribution in [3.63, 3.8) is 0 Å². The number of rotatable bonds is 11. The molecule has 1 aromatic carbocycles. The number of benzene rings is 1. The zero-order valence-electron chi connectivity index (χ0n) is 21.2. The number of aliphatic hydroxyl groups is 1. The van der Waals surface area contributed by atoms with Gasteiger partial charge in [0.15, 0.2) is 6.23 Å². The molecule has 2 heterocycles. The summed E-state index contributed by atoms with van der Waals surface area (Å²) < 4.78 is 29.8. The third-order valence-corrected chi connectivity index (χ3v) is 8.21. The Morgan fingerprint density at radius 3 is 2.54 bits per heavy atom. The summed E-state index contributed by atoms with van der Waals surface area (Å²) in [7, 11) is 1.37. The van der Waals surface area contributed by atoms with E-state index in [1.54, 1.807) is 58.0 Å². The van der Waals surface area contributed by atoms with Gasteiger partial charge in [-0.15, -0.1) is 0 Å². The summed E-state index contributed by atoms with van der Waals surface area (Å²) in [6.07, 6.45) is -2.43. The molecule has 3 N–H and O–H groups in total. The minimum absolute atomic E-state index is 0.266. The van der Waals surface area contributed by atoms with Crippen LogP contribution in [-0.4, -0.2) is 64.3 Å². The maximum atomic E-state index is 12.4. The van der Waals surface area contributed by atoms with Gasteiger partial charge in [0.25, 0.3) is 5.56 Å². The van der Waals surface area contributed by atoms with E-state index in [-0.39, 0.29) is 12.7 Å². The summed E-state index contributed by atoms with van der Waals surface area (Å²) in [6.45, 7) is 2.94. The highest BCUT2D eigenvalue weighted by Gasteiger charge is 2.55. The van der Waals surface area contributed by atoms with Crippen LogP contribution in [0.15, 0.2) is 52.2 Å². The Bertz CT molecular complexity index is 1240. The second-order valence-electron chi connectivity index (χ2n) is 8.91. The van der Waals surface area contributed by atoms with Crippen LogP contribution in [0.4, 0.5) is 0 Å². The molecule has 12 nitrogen and oxygen atoms in total. The molecule has 0 amide bonds. The molecule has 6 atom stereocenters. The van der Waals surface area contributed by atoms with Crippen molar-refractivity contribution in [2.45, 2.75) is 63.9 Å². The van der Waals surface area contributed by atoms with Gasteiger partial charge in [-0.3, -0.25) is 19.1 Å². The normalized spacial score (nSPS) is 26.0. The molecule has 1 aliphatic rings. The van der Waals surface area contributed by atoms with Gasteiger partial charge in [0.05, 0.1) is 12.7 Å². The highest BCUT2D eigenvalue weighted by atomic mass is 32.5. The molecule has 1 fully saturated rings. The van der Waals surface area contributed by atoms with Crippen molar-refractivity contribution in [3.05, 3.63) is 63.4 Å². The predicted molar refractivity (Wildman–Crippen MR) is 138 cm³/mol. The molecule has 14 heteroatoms. The number of hydrogen-bond acceptors (Lipinski definition) is 10. The molecule has 0 bridgehead atoms. The summed E-state index contributed by atoms with van der Waals surface area (Å²) in [5, 5.41) is 14.0. The number of esters is 1. The lowest BCUT2D eigenvalue weighted by Crippen LogP contribution is -2.48. The Morgan fingerprint density at radius 2 is 1.95 bits per heavy atom. The smallest absolute Gasteiger partial charge is 0.330 e. The fourth-order valence-electron chi connectivity index (χ4n) is 3.70. The second kappa shape index (κ2) is 12.0. The molecule has 0 aliphatic carbocycles. The molecule has 2 unspecified atom stereocenters. The van der Waals surface area contributed by atoms with E-state index in [0.29, 0.717) is 5.75 Å². The van der Waals surface area contributed by atoms with Gasteiger partial charge in [-0.05, 0) is 51.6 Å². The molecule has 0 radical (unpaired) electrons. The Morgan fingerprint density at radius 1 is 1.27 bits per heavy atom. The monoisotopic (exact) mass is 557 g/mol. The number of nitrogens with zero attached hydrogens (tertiary/aromatic N) is 1. The molecule has 1 saturated heterocycles. The van der Waals surface area contributed by atoms with Crippen LogP contribution >= 0.6 is 6.64 Å². The first-order valence-corrected chi connectivity index (χ1v) is 14.2. The van der Waals surface area contributed by atoms with E-state index >= 15 is 0 Å². The molecular weight excluding hydrogens is 525 g/mol. The topological polar surface area (TPSA) is 150 Å². The molecule has 3 rings (SSSR count). The largest absolute Gasteiger partial charge is 0.462 e. The third kappa shape index (κ3) is 6.94. The van der Waals surface area contributed by atoms with Crippen LogP contribution in [0.5, 0.6) is 5.75 Å². The van der Waals surface area contributed by atoms with E-state index < -0.39 is 53.9 Å². The standard InChI is InChI=1S/C23H32N3O9PS/c1-14(2)33-20(29)15(3)25-36(37,35-16-9-7-6-8-10-16)32-13-17-19(28)23(4,31-5)21(34-17)26-12-11-18(27)24-22(26)30/h6-12,14-15,17,19,21,28H,13H2,1-5H3,(H,25,37)(H,24,27,30)/t15?,17-,19-,21-,23-,36?/m1/s1. The fraction of sp³-hybridized carbons (Fsp3) is 0.522. The first-order chi connectivity index (χ1) is 17.4. The van der Waals surface area contributed by atoms with Crippen LogP contribution in [0.1, 0.15) is 33.9 Å². The van der Waals surface area contributed by atoms with E-state index in [1.807, 2.05) is 0 Å². The summed E-state index contributed by atoms with van der Waals surface area (Å²) >= 11 is 5.69. The number of ether oxygens (including phenoxy) is 3. The van der Waals surface area contributed by atoms with Crippen LogP contribution < -0.4 is 20.9 Å². The van der Waals surface area contributed by atoms with Crippen molar-refractivity contribution in [3.8, 4) is 5.75 Å². The van der Waals surface area contributed by atoms with E-state index in [2.05, 4.69) is 10.1 Å². The van der Waals surface area contributed by atoms with Gasteiger partial charge in [-0.2, -0.15) is 0 Å². The van der Waals surface area contributed by atoms with Crippen LogP contribution in [0.2, 0.25) is 0 Å². The predicted octanol–water partition coefficient (Wildman–Crippen LogP) is 1.45. The number of carbonyl (C=O) groups is 1. The van der Waals surface area contributed by atoms with E-state index in [9.17, 15) is 19.5 Å². The fourth-order valence-corrected chi connectivity index (χ4v) is 6.12. The minimum atomic E-state index is -3.40. The van der Waals surface area contributed by atoms with Crippen molar-refractivity contribution >= 4 is 24.4 Å². The van der Waals surface area contributed by atoms with Gasteiger partial charge < -0.3 is 28.4 Å². The average Bonchev–Trinajstić information content (AvgIpc) is 3.08. The Labute approximate surface area is 219 Å². The van der Waals surface area contributed by atoms with Crippen LogP contribution in [0.25, 0.3) is 0 Å². The van der Waals surface area contributed by atoms with Crippen LogP contribution in [-0.2, 0) is 35.3 Å². The maximum absolute atomic E-state index is 12.4. The zero-order valence-corrected chi connectivity index (χ0v) is 22.9. The summed E-state index contributed by atoms with van der Waals surface area (Å²) in [4.78, 5) is 38.5. The quantitative estimate of drug-likeness (QED) is 0.272. The number of aromatic nitrogens is 2. The lowest BCUT2D eigenvalue weighted by Gasteiger charge is -2.31. The van der Waals surface area contributed by atoms with Crippen LogP contribution in [0, 0.1) is 0 Å². The number of methoxy groups -OCH3 is 1. The Balaban J connectivity index is 1.83. The van der Waals surface area contributed by atoms with Gasteiger partial charge in [0, 0.05) is 19.4 Å². The van der Waals surface area contributed by atoms with E-state index in [0.717, 1.165) is 10.6 Å². The molecule has 204 valence electrons. The van der Waals surface area contributed by atoms with Crippen molar-refractivity contribution in [2.75, 3.05) is 13.7 Å². The van der Waals surface area contributed by atoms with Crippen molar-refractivity contribution in [1.29, 1.82) is 0 Å². The molecule has 1 aromatic heterocycles. The molecular formula is C23H32N3O9PS. The molecule has 1 aliphatic heterocycles. The molecule has 0 saturated carbocycles. The van der Waals surface area contributed by atoms with E-state index in [1.165, 1.54) is 13.3 Å². The number of nitrogens with one attached hydrogen (secondary N) is 2. The van der Waals surface area contributed by atoms with Gasteiger partial charge in [-0.25, -0.2) is 9.88 Å². The van der Waals surface area contributed by atoms with Crippen molar-refractivity contribution in [2.24, 2.45) is 0 Å². The SMILES string of the molecule is CO[C@]1(C)[C@H](O)[C@@H](COP(=S)(NC(C)C(=O)OC(C)C)Oc2ccccc2)O[C@H]1n1ccc(=O)[nH]c1=O. The van der Waals surface area contributed by atoms with Crippen molar-refractivity contribution in [1.82, 2.24) is 14.6 Å². The summed E-state index contributed by atoms with van der Waals surface area (Å²) in [5.74, 6) is -0.124. The highest BCUT2D eigenvalue weighted by Crippen LogP contribution is 2.47. The molecule has 2 aromatic rings. The first kappa shape index (κ1) is 29.2. The van der Waals surface area contributed by atoms with Gasteiger partial charge in [0.2, 0.25) is 0 Å². The van der Waals surface area contributed by atoms with Gasteiger partial charge in [0.1, 0.15) is 29.6 Å². The van der Waals surface area contributed by atoms with Gasteiger partial charge in [-0.1, -0.05) is 18.2 Å². The summed E-state index contributed by atoms with van der Waals surface area (Å²) in [6, 6.07) is 8.99. The number of aromatic amines is 1. The number of para-hydroxylation sites is 1. The highest BCUT2D eigenvalue weighted by molar-refractivity contribution is 8.09. The summed E-state index contributed by atoms with van der Waals surface area (Å²) in [5.41, 5.74) is -2.68. The maximum Gasteiger partial charge on any atom is 0.330 e. The minimum Gasteiger partial charge on any atom is -0.462 e.